The van der Waals surface area contributed by atoms with Crippen LogP contribution in [-0.2, 0) is 9.59 Å². The molecule has 0 aromatic heterocycles. The van der Waals surface area contributed by atoms with Crippen molar-refractivity contribution in [2.75, 3.05) is 0 Å². The van der Waals surface area contributed by atoms with Gasteiger partial charge in [0.1, 0.15) is 0 Å². The molecule has 0 amide bonds. The van der Waals surface area contributed by atoms with Gasteiger partial charge in [-0.25, -0.2) is 0 Å². The molecular formula is C27H32O2S. The Kier molecular flexibility index (Phi) is 5.69. The molecule has 1 fully saturated rings. The van der Waals surface area contributed by atoms with Gasteiger partial charge in [-0.3, -0.25) is 9.59 Å². The first-order valence-corrected chi connectivity index (χ1v) is 12.0. The van der Waals surface area contributed by atoms with Crippen LogP contribution < -0.4 is 0 Å². The zero-order valence-corrected chi connectivity index (χ0v) is 19.4. The number of hydrogen-bond donors (Lipinski definition) is 0. The number of Topliss-reactive ketones (excluding diaryl/α,β-unsaturated/α-hetero) is 1. The van der Waals surface area contributed by atoms with Crippen molar-refractivity contribution in [2.24, 2.45) is 22.7 Å². The largest absolute Gasteiger partial charge is 0.290 e. The number of rotatable bonds is 4. The molecule has 0 bridgehead atoms. The minimum atomic E-state index is -0.0578. The van der Waals surface area contributed by atoms with Crippen LogP contribution in [0.4, 0.5) is 0 Å². The number of allylic oxidation sites excluding steroid dienone is 6. The lowest BCUT2D eigenvalue weighted by atomic mass is 9.46. The monoisotopic (exact) mass is 420 g/mol. The number of carbonyl (C=O) groups excluding carboxylic acids is 2. The molecule has 3 aliphatic carbocycles. The fourth-order valence-electron chi connectivity index (χ4n) is 6.07. The molecule has 0 N–H and O–H groups in total. The molecule has 2 nitrogen and oxygen atoms in total. The van der Waals surface area contributed by atoms with E-state index in [0.717, 1.165) is 11.3 Å². The van der Waals surface area contributed by atoms with Crippen molar-refractivity contribution in [2.45, 2.75) is 64.7 Å². The maximum Gasteiger partial charge on any atom is 0.195 e. The minimum Gasteiger partial charge on any atom is -0.290 e. The lowest BCUT2D eigenvalue weighted by molar-refractivity contribution is -0.115. The van der Waals surface area contributed by atoms with Crippen LogP contribution in [0.3, 0.4) is 0 Å². The van der Waals surface area contributed by atoms with Crippen LogP contribution in [0.15, 0.2) is 69.5 Å². The molecular weight excluding hydrogens is 388 g/mol. The summed E-state index contributed by atoms with van der Waals surface area (Å²) < 4.78 is 0. The molecule has 3 aliphatic rings. The Morgan fingerprint density at radius 3 is 2.53 bits per heavy atom. The fourth-order valence-corrected chi connectivity index (χ4v) is 7.02. The number of thioether (sulfide) groups is 1. The van der Waals surface area contributed by atoms with Crippen LogP contribution in [0.1, 0.15) is 59.8 Å². The number of ketones is 2. The minimum absolute atomic E-state index is 0.0180. The predicted molar refractivity (Wildman–Crippen MR) is 124 cm³/mol. The highest BCUT2D eigenvalue weighted by Crippen LogP contribution is 2.62. The molecule has 1 saturated carbocycles. The summed E-state index contributed by atoms with van der Waals surface area (Å²) in [5.74, 6) is 1.05. The normalized spacial score (nSPS) is 34.1. The third kappa shape index (κ3) is 3.66. The second-order valence-electron chi connectivity index (χ2n) is 9.88. The van der Waals surface area contributed by atoms with E-state index in [1.54, 1.807) is 6.08 Å². The van der Waals surface area contributed by atoms with E-state index < -0.39 is 0 Å². The topological polar surface area (TPSA) is 34.1 Å². The van der Waals surface area contributed by atoms with Gasteiger partial charge in [-0.05, 0) is 79.9 Å². The number of benzene rings is 1. The third-order valence-electron chi connectivity index (χ3n) is 8.24. The predicted octanol–water partition coefficient (Wildman–Crippen LogP) is 6.93. The summed E-state index contributed by atoms with van der Waals surface area (Å²) in [5.41, 5.74) is 2.44. The summed E-state index contributed by atoms with van der Waals surface area (Å²) in [6.07, 6.45) is 10.9. The van der Waals surface area contributed by atoms with Crippen LogP contribution >= 0.6 is 11.8 Å². The van der Waals surface area contributed by atoms with E-state index in [2.05, 4.69) is 33.8 Å². The van der Waals surface area contributed by atoms with E-state index in [1.165, 1.54) is 42.7 Å². The molecule has 0 aliphatic heterocycles. The van der Waals surface area contributed by atoms with Crippen molar-refractivity contribution < 1.29 is 9.59 Å². The second-order valence-corrected chi connectivity index (χ2v) is 11.0. The van der Waals surface area contributed by atoms with E-state index in [9.17, 15) is 9.59 Å². The van der Waals surface area contributed by atoms with Crippen molar-refractivity contribution in [3.8, 4) is 0 Å². The summed E-state index contributed by atoms with van der Waals surface area (Å²) in [7, 11) is 0. The average molecular weight is 421 g/mol. The molecule has 4 rings (SSSR count). The first kappa shape index (κ1) is 21.4. The van der Waals surface area contributed by atoms with Crippen molar-refractivity contribution in [1.82, 2.24) is 0 Å². The van der Waals surface area contributed by atoms with Crippen LogP contribution in [0.2, 0.25) is 0 Å². The molecule has 3 heteroatoms. The van der Waals surface area contributed by atoms with Crippen LogP contribution in [0.25, 0.3) is 0 Å². The van der Waals surface area contributed by atoms with Crippen molar-refractivity contribution in [3.63, 3.8) is 0 Å². The lowest BCUT2D eigenvalue weighted by Crippen LogP contribution is -2.50. The van der Waals surface area contributed by atoms with E-state index in [4.69, 9.17) is 0 Å². The standard InChI is InChI=1S/C27H32O2S/c1-18-9-8-12-24-26(18,3)14-13-19(2)27(24,4)17-20-15-21(28)16-23(25(20)29)30-22-10-6-5-7-11-22/h5-7,9-11,15-16,19,24H,8,12-14,17H2,1-4H3/t19-,24+,26+,27+/m0/s1. The molecule has 0 spiro atoms. The Labute approximate surface area is 184 Å². The van der Waals surface area contributed by atoms with Gasteiger partial charge in [0, 0.05) is 16.5 Å². The van der Waals surface area contributed by atoms with Crippen LogP contribution in [0.5, 0.6) is 0 Å². The van der Waals surface area contributed by atoms with Gasteiger partial charge in [-0.2, -0.15) is 0 Å². The number of fused-ring (bicyclic) bond motifs is 1. The van der Waals surface area contributed by atoms with Gasteiger partial charge in [-0.1, -0.05) is 62.4 Å². The first-order valence-electron chi connectivity index (χ1n) is 11.1. The molecule has 0 unspecified atom stereocenters. The van der Waals surface area contributed by atoms with Gasteiger partial charge < -0.3 is 0 Å². The Morgan fingerprint density at radius 2 is 1.80 bits per heavy atom. The van der Waals surface area contributed by atoms with Crippen LogP contribution in [0, 0.1) is 22.7 Å². The second kappa shape index (κ2) is 8.00. The Bertz CT molecular complexity index is 954. The molecule has 0 saturated heterocycles. The summed E-state index contributed by atoms with van der Waals surface area (Å²) in [5, 5.41) is 0. The van der Waals surface area contributed by atoms with E-state index in [1.807, 2.05) is 30.3 Å². The summed E-state index contributed by atoms with van der Waals surface area (Å²) >= 11 is 1.41. The van der Waals surface area contributed by atoms with Gasteiger partial charge in [0.15, 0.2) is 11.6 Å². The highest BCUT2D eigenvalue weighted by Gasteiger charge is 2.53. The van der Waals surface area contributed by atoms with Crippen molar-refractivity contribution in [3.05, 3.63) is 64.6 Å². The number of carbonyl (C=O) groups is 2. The maximum absolute atomic E-state index is 13.4. The van der Waals surface area contributed by atoms with Crippen LogP contribution in [-0.4, -0.2) is 11.6 Å². The Balaban J connectivity index is 1.61. The average Bonchev–Trinajstić information content (AvgIpc) is 2.71. The first-order chi connectivity index (χ1) is 14.2. The fraction of sp³-hybridized carbons (Fsp3) is 0.481. The van der Waals surface area contributed by atoms with Gasteiger partial charge in [0.25, 0.3) is 0 Å². The van der Waals surface area contributed by atoms with E-state index in [0.29, 0.717) is 28.7 Å². The van der Waals surface area contributed by atoms with Gasteiger partial charge in [0.2, 0.25) is 0 Å². The summed E-state index contributed by atoms with van der Waals surface area (Å²) in [6, 6.07) is 9.84. The smallest absolute Gasteiger partial charge is 0.195 e. The molecule has 0 heterocycles. The summed E-state index contributed by atoms with van der Waals surface area (Å²) in [4.78, 5) is 27.4. The molecule has 1 aromatic rings. The van der Waals surface area contributed by atoms with Crippen molar-refractivity contribution >= 4 is 23.3 Å². The highest BCUT2D eigenvalue weighted by atomic mass is 32.2. The summed E-state index contributed by atoms with van der Waals surface area (Å²) in [6.45, 7) is 9.43. The molecule has 1 aromatic carbocycles. The Morgan fingerprint density at radius 1 is 1.07 bits per heavy atom. The van der Waals surface area contributed by atoms with E-state index >= 15 is 0 Å². The zero-order chi connectivity index (χ0) is 21.5. The lowest BCUT2D eigenvalue weighted by Gasteiger charge is -2.58. The Hall–Kier alpha value is -1.87. The van der Waals surface area contributed by atoms with Gasteiger partial charge in [0.05, 0.1) is 4.91 Å². The molecule has 30 heavy (non-hydrogen) atoms. The third-order valence-corrected chi connectivity index (χ3v) is 9.27. The van der Waals surface area contributed by atoms with Gasteiger partial charge >= 0.3 is 0 Å². The number of hydrogen-bond acceptors (Lipinski definition) is 3. The zero-order valence-electron chi connectivity index (χ0n) is 18.5. The van der Waals surface area contributed by atoms with Gasteiger partial charge in [-0.15, -0.1) is 0 Å². The highest BCUT2D eigenvalue weighted by molar-refractivity contribution is 8.04. The molecule has 158 valence electrons. The maximum atomic E-state index is 13.4. The molecule has 0 radical (unpaired) electrons. The quantitative estimate of drug-likeness (QED) is 0.391. The van der Waals surface area contributed by atoms with Crippen molar-refractivity contribution in [1.29, 1.82) is 0 Å². The SMILES string of the molecule is CC1=CCC[C@H]2[C@](C)(CC3=CC(=O)C=C(Sc4ccccc4)C3=O)[C@@H](C)CC[C@]12C. The molecule has 4 atom stereocenters. The van der Waals surface area contributed by atoms with E-state index in [-0.39, 0.29) is 22.4 Å².